The summed E-state index contributed by atoms with van der Waals surface area (Å²) in [7, 11) is 0. The number of aromatic nitrogens is 2. The van der Waals surface area contributed by atoms with Gasteiger partial charge in [-0.05, 0) is 28.9 Å². The number of halogens is 1. The van der Waals surface area contributed by atoms with Crippen LogP contribution in [0.15, 0.2) is 64.1 Å². The summed E-state index contributed by atoms with van der Waals surface area (Å²) in [5, 5.41) is 19.3. The van der Waals surface area contributed by atoms with Gasteiger partial charge in [-0.25, -0.2) is 0 Å². The van der Waals surface area contributed by atoms with Crippen LogP contribution in [0.1, 0.15) is 6.42 Å². The summed E-state index contributed by atoms with van der Waals surface area (Å²) in [4.78, 5) is 12.0. The molecule has 128 valence electrons. The third kappa shape index (κ3) is 4.52. The standard InChI is InChI=1S/C17H14ClN3O3S/c18-12-6-8-13(9-7-12)19-15(22)10-11-25-16-17(23)24-20-21(16)14-4-2-1-3-5-14/h1-9H,10-11H2,(H-,19,20,22,23). The van der Waals surface area contributed by atoms with Gasteiger partial charge in [-0.3, -0.25) is 4.79 Å². The number of nitrogens with zero attached hydrogens (tertiary/aromatic N) is 2. The minimum Gasteiger partial charge on any atom is -0.538 e. The number of anilines is 1. The van der Waals surface area contributed by atoms with Crippen LogP contribution in [-0.4, -0.2) is 16.9 Å². The Morgan fingerprint density at radius 2 is 1.92 bits per heavy atom. The summed E-state index contributed by atoms with van der Waals surface area (Å²) in [6.07, 6.45) is 0.243. The lowest BCUT2D eigenvalue weighted by Gasteiger charge is -2.04. The highest BCUT2D eigenvalue weighted by molar-refractivity contribution is 7.99. The zero-order valence-corrected chi connectivity index (χ0v) is 14.6. The molecule has 3 rings (SSSR count). The Balaban J connectivity index is 1.58. The Labute approximate surface area is 153 Å². The molecule has 0 fully saturated rings. The molecule has 0 bridgehead atoms. The molecule has 0 saturated heterocycles. The van der Waals surface area contributed by atoms with E-state index in [1.807, 2.05) is 30.3 Å². The first-order valence-corrected chi connectivity index (χ1v) is 8.82. The van der Waals surface area contributed by atoms with Crippen molar-refractivity contribution in [1.82, 2.24) is 5.27 Å². The Hall–Kier alpha value is -2.51. The van der Waals surface area contributed by atoms with E-state index in [0.29, 0.717) is 21.5 Å². The van der Waals surface area contributed by atoms with E-state index in [1.165, 1.54) is 16.4 Å². The maximum absolute atomic E-state index is 12.0. The van der Waals surface area contributed by atoms with E-state index in [0.717, 1.165) is 5.69 Å². The topological polar surface area (TPSA) is 82.1 Å². The second-order valence-corrected chi connectivity index (χ2v) is 6.59. The quantitative estimate of drug-likeness (QED) is 0.529. The maximum Gasteiger partial charge on any atom is 0.297 e. The minimum atomic E-state index is -0.521. The van der Waals surface area contributed by atoms with Crippen LogP contribution in [0.5, 0.6) is 5.95 Å². The Morgan fingerprint density at radius 1 is 1.20 bits per heavy atom. The van der Waals surface area contributed by atoms with Crippen molar-refractivity contribution in [3.8, 4) is 11.6 Å². The van der Waals surface area contributed by atoms with Gasteiger partial charge in [0, 0.05) is 35.0 Å². The average Bonchev–Trinajstić information content (AvgIpc) is 2.99. The second-order valence-electron chi connectivity index (χ2n) is 5.07. The normalized spacial score (nSPS) is 10.6. The van der Waals surface area contributed by atoms with Gasteiger partial charge in [0.2, 0.25) is 11.6 Å². The van der Waals surface area contributed by atoms with E-state index in [1.54, 1.807) is 24.3 Å². The summed E-state index contributed by atoms with van der Waals surface area (Å²) < 4.78 is 6.17. The van der Waals surface area contributed by atoms with Crippen LogP contribution in [0, 0.1) is 0 Å². The van der Waals surface area contributed by atoms with E-state index >= 15 is 0 Å². The van der Waals surface area contributed by atoms with Crippen LogP contribution in [-0.2, 0) is 4.79 Å². The fraction of sp³-hybridized carbons (Fsp3) is 0.118. The molecule has 6 nitrogen and oxygen atoms in total. The minimum absolute atomic E-state index is 0.148. The molecular formula is C17H14ClN3O3S. The number of thioether (sulfide) groups is 1. The molecule has 1 amide bonds. The molecule has 1 heterocycles. The third-order valence-corrected chi connectivity index (χ3v) is 4.54. The zero-order valence-electron chi connectivity index (χ0n) is 13.0. The second kappa shape index (κ2) is 8.04. The Morgan fingerprint density at radius 3 is 2.64 bits per heavy atom. The number of hydrogen-bond donors (Lipinski definition) is 1. The van der Waals surface area contributed by atoms with Gasteiger partial charge in [-0.15, -0.1) is 0 Å². The number of para-hydroxylation sites is 1. The molecule has 0 saturated carbocycles. The third-order valence-electron chi connectivity index (χ3n) is 3.27. The first-order valence-electron chi connectivity index (χ1n) is 7.46. The summed E-state index contributed by atoms with van der Waals surface area (Å²) >= 11 is 7.04. The van der Waals surface area contributed by atoms with Gasteiger partial charge in [0.05, 0.1) is 5.27 Å². The van der Waals surface area contributed by atoms with Crippen LogP contribution < -0.4 is 15.1 Å². The number of nitrogens with one attached hydrogen (secondary N) is 1. The number of rotatable bonds is 6. The van der Waals surface area contributed by atoms with Crippen molar-refractivity contribution >= 4 is 35.0 Å². The molecular weight excluding hydrogens is 362 g/mol. The number of carbonyl (C=O) groups is 1. The van der Waals surface area contributed by atoms with Crippen LogP contribution >= 0.6 is 23.4 Å². The van der Waals surface area contributed by atoms with E-state index in [2.05, 4.69) is 10.6 Å². The van der Waals surface area contributed by atoms with Gasteiger partial charge in [-0.1, -0.05) is 41.6 Å². The van der Waals surface area contributed by atoms with E-state index in [4.69, 9.17) is 16.1 Å². The van der Waals surface area contributed by atoms with Gasteiger partial charge in [0.25, 0.3) is 5.03 Å². The fourth-order valence-electron chi connectivity index (χ4n) is 2.09. The summed E-state index contributed by atoms with van der Waals surface area (Å²) in [5.74, 6) is -0.250. The van der Waals surface area contributed by atoms with E-state index in [-0.39, 0.29) is 12.3 Å². The van der Waals surface area contributed by atoms with Crippen LogP contribution in [0.25, 0.3) is 5.69 Å². The van der Waals surface area contributed by atoms with Crippen molar-refractivity contribution in [3.63, 3.8) is 0 Å². The Bertz CT molecular complexity index is 853. The lowest BCUT2D eigenvalue weighted by molar-refractivity contribution is -0.705. The number of amides is 1. The van der Waals surface area contributed by atoms with Crippen molar-refractivity contribution < 1.29 is 19.1 Å². The SMILES string of the molecule is O=C(CCSc1c([O-])on[n+]1-c1ccccc1)Nc1ccc(Cl)cc1. The molecule has 0 atom stereocenters. The van der Waals surface area contributed by atoms with Crippen LogP contribution in [0.2, 0.25) is 5.02 Å². The van der Waals surface area contributed by atoms with Crippen LogP contribution in [0.3, 0.4) is 0 Å². The predicted octanol–water partition coefficient (Wildman–Crippen LogP) is 2.80. The van der Waals surface area contributed by atoms with Crippen molar-refractivity contribution in [2.75, 3.05) is 11.1 Å². The van der Waals surface area contributed by atoms with Gasteiger partial charge in [-0.2, -0.15) is 0 Å². The molecule has 0 aliphatic heterocycles. The maximum atomic E-state index is 12.0. The summed E-state index contributed by atoms with van der Waals surface area (Å²) in [5.41, 5.74) is 1.40. The largest absolute Gasteiger partial charge is 0.538 e. The number of benzene rings is 2. The average molecular weight is 376 g/mol. The van der Waals surface area contributed by atoms with Crippen molar-refractivity contribution in [2.24, 2.45) is 0 Å². The molecule has 25 heavy (non-hydrogen) atoms. The molecule has 0 aliphatic carbocycles. The first kappa shape index (κ1) is 17.3. The monoisotopic (exact) mass is 375 g/mol. The summed E-state index contributed by atoms with van der Waals surface area (Å²) in [6.45, 7) is 0. The molecule has 0 aliphatic rings. The highest BCUT2D eigenvalue weighted by Crippen LogP contribution is 2.24. The molecule has 1 N–H and O–H groups in total. The number of hydrogen-bond acceptors (Lipinski definition) is 5. The number of carbonyl (C=O) groups excluding carboxylic acids is 1. The Kier molecular flexibility index (Phi) is 5.57. The van der Waals surface area contributed by atoms with Gasteiger partial charge < -0.3 is 14.9 Å². The van der Waals surface area contributed by atoms with Crippen LogP contribution in [0.4, 0.5) is 5.69 Å². The van der Waals surface area contributed by atoms with E-state index in [9.17, 15) is 9.90 Å². The lowest BCUT2D eigenvalue weighted by atomic mass is 10.3. The van der Waals surface area contributed by atoms with Gasteiger partial charge in [0.15, 0.2) is 5.95 Å². The highest BCUT2D eigenvalue weighted by Gasteiger charge is 2.20. The molecule has 1 aromatic heterocycles. The highest BCUT2D eigenvalue weighted by atomic mass is 35.5. The zero-order chi connectivity index (χ0) is 17.6. The van der Waals surface area contributed by atoms with Crippen molar-refractivity contribution in [3.05, 3.63) is 59.6 Å². The molecule has 0 radical (unpaired) electrons. The smallest absolute Gasteiger partial charge is 0.297 e. The molecule has 3 aromatic rings. The fourth-order valence-corrected chi connectivity index (χ4v) is 3.11. The predicted molar refractivity (Wildman–Crippen MR) is 92.9 cm³/mol. The summed E-state index contributed by atoms with van der Waals surface area (Å²) in [6, 6.07) is 16.1. The molecule has 8 heteroatoms. The first-order chi connectivity index (χ1) is 12.1. The van der Waals surface area contributed by atoms with Gasteiger partial charge >= 0.3 is 0 Å². The van der Waals surface area contributed by atoms with Gasteiger partial charge in [0.1, 0.15) is 0 Å². The molecule has 0 unspecified atom stereocenters. The lowest BCUT2D eigenvalue weighted by Crippen LogP contribution is -2.34. The molecule has 2 aromatic carbocycles. The van der Waals surface area contributed by atoms with Crippen molar-refractivity contribution in [1.29, 1.82) is 0 Å². The molecule has 0 spiro atoms. The van der Waals surface area contributed by atoms with Crippen molar-refractivity contribution in [2.45, 2.75) is 11.4 Å². The van der Waals surface area contributed by atoms with E-state index < -0.39 is 5.95 Å².